The van der Waals surface area contributed by atoms with Gasteiger partial charge in [0.05, 0.1) is 24.5 Å². The maximum absolute atomic E-state index is 12.6. The van der Waals surface area contributed by atoms with Crippen LogP contribution in [0, 0.1) is 5.92 Å². The quantitative estimate of drug-likeness (QED) is 0.572. The molecule has 0 aromatic carbocycles. The number of hydrogen-bond donors (Lipinski definition) is 4. The van der Waals surface area contributed by atoms with E-state index in [0.29, 0.717) is 18.5 Å². The number of aryl methyl sites for hydroxylation is 1. The zero-order chi connectivity index (χ0) is 21.2. The molecule has 5 N–H and O–H groups in total. The van der Waals surface area contributed by atoms with Gasteiger partial charge in [0.15, 0.2) is 0 Å². The minimum Gasteiger partial charge on any atom is -0.355 e. The van der Waals surface area contributed by atoms with Gasteiger partial charge in [-0.3, -0.25) is 10.1 Å². The minimum absolute atomic E-state index is 0.149. The smallest absolute Gasteiger partial charge is 0.128 e. The Labute approximate surface area is 182 Å². The first-order chi connectivity index (χ1) is 15.2. The lowest BCUT2D eigenvalue weighted by atomic mass is 9.82. The van der Waals surface area contributed by atoms with Crippen molar-refractivity contribution in [3.8, 4) is 0 Å². The highest BCUT2D eigenvalue weighted by Crippen LogP contribution is 2.38. The Morgan fingerprint density at radius 1 is 1.23 bits per heavy atom. The molecule has 3 saturated heterocycles. The van der Waals surface area contributed by atoms with Crippen molar-refractivity contribution in [2.24, 2.45) is 11.7 Å². The molecule has 5 unspecified atom stereocenters. The molecule has 31 heavy (non-hydrogen) atoms. The fourth-order valence-electron chi connectivity index (χ4n) is 5.26. The van der Waals surface area contributed by atoms with Gasteiger partial charge in [-0.2, -0.15) is 5.10 Å². The van der Waals surface area contributed by atoms with E-state index in [1.165, 1.54) is 6.42 Å². The molecular formula is C22H33FN8. The average Bonchev–Trinajstić information content (AvgIpc) is 3.37. The monoisotopic (exact) mass is 428 g/mol. The molecule has 0 aliphatic carbocycles. The van der Waals surface area contributed by atoms with Crippen LogP contribution < -0.4 is 26.8 Å². The van der Waals surface area contributed by atoms with Crippen LogP contribution in [0.3, 0.4) is 0 Å². The average molecular weight is 429 g/mol. The van der Waals surface area contributed by atoms with E-state index >= 15 is 0 Å². The van der Waals surface area contributed by atoms with Crippen LogP contribution >= 0.6 is 0 Å². The third kappa shape index (κ3) is 4.45. The van der Waals surface area contributed by atoms with E-state index in [9.17, 15) is 4.39 Å². The van der Waals surface area contributed by atoms with Crippen molar-refractivity contribution in [3.63, 3.8) is 0 Å². The number of hydrazine groups is 1. The Hall–Kier alpha value is -2.07. The molecule has 0 radical (unpaired) electrons. The number of fused-ring (bicyclic) bond motifs is 1. The molecule has 5 atom stereocenters. The van der Waals surface area contributed by atoms with E-state index < -0.39 is 6.67 Å². The molecule has 0 amide bonds. The molecule has 3 aliphatic rings. The van der Waals surface area contributed by atoms with Gasteiger partial charge in [0.2, 0.25) is 0 Å². The molecule has 0 spiro atoms. The summed E-state index contributed by atoms with van der Waals surface area (Å²) in [7, 11) is 0. The van der Waals surface area contributed by atoms with Gasteiger partial charge in [-0.15, -0.1) is 0 Å². The third-order valence-electron chi connectivity index (χ3n) is 6.94. The number of nitrogens with zero attached hydrogens (tertiary/aromatic N) is 4. The zero-order valence-electron chi connectivity index (χ0n) is 17.9. The largest absolute Gasteiger partial charge is 0.355 e. The first kappa shape index (κ1) is 20.8. The van der Waals surface area contributed by atoms with Crippen molar-refractivity contribution in [2.75, 3.05) is 31.2 Å². The van der Waals surface area contributed by atoms with Crippen LogP contribution in [-0.4, -0.2) is 53.2 Å². The van der Waals surface area contributed by atoms with E-state index in [0.717, 1.165) is 56.0 Å². The summed E-state index contributed by atoms with van der Waals surface area (Å²) in [6, 6.07) is 7.27. The first-order valence-electron chi connectivity index (χ1n) is 11.5. The molecule has 3 fully saturated rings. The highest BCUT2D eigenvalue weighted by atomic mass is 19.1. The Balaban J connectivity index is 1.32. The van der Waals surface area contributed by atoms with Crippen molar-refractivity contribution in [3.05, 3.63) is 41.9 Å². The summed E-state index contributed by atoms with van der Waals surface area (Å²) >= 11 is 0. The predicted octanol–water partition coefficient (Wildman–Crippen LogP) is 1.43. The predicted molar refractivity (Wildman–Crippen MR) is 118 cm³/mol. The Bertz CT molecular complexity index is 873. The van der Waals surface area contributed by atoms with Crippen molar-refractivity contribution in [1.82, 2.24) is 30.9 Å². The number of anilines is 1. The van der Waals surface area contributed by atoms with Crippen LogP contribution in [0.5, 0.6) is 0 Å². The summed E-state index contributed by atoms with van der Waals surface area (Å²) in [5.74, 6) is 1.43. The molecule has 5 heterocycles. The van der Waals surface area contributed by atoms with Crippen LogP contribution in [0.2, 0.25) is 0 Å². The molecule has 8 nitrogen and oxygen atoms in total. The van der Waals surface area contributed by atoms with Crippen LogP contribution in [-0.2, 0) is 6.54 Å². The topological polar surface area (TPSA) is 96.1 Å². The van der Waals surface area contributed by atoms with Crippen molar-refractivity contribution < 1.29 is 4.39 Å². The van der Waals surface area contributed by atoms with Crippen LogP contribution in [0.15, 0.2) is 30.6 Å². The second-order valence-electron chi connectivity index (χ2n) is 9.08. The van der Waals surface area contributed by atoms with Crippen LogP contribution in [0.1, 0.15) is 49.0 Å². The highest BCUT2D eigenvalue weighted by molar-refractivity contribution is 5.40. The molecule has 0 bridgehead atoms. The summed E-state index contributed by atoms with van der Waals surface area (Å²) in [4.78, 5) is 7.40. The number of pyridine rings is 1. The fraction of sp³-hybridized carbons (Fsp3) is 0.636. The van der Waals surface area contributed by atoms with Gasteiger partial charge in [0.1, 0.15) is 12.5 Å². The molecule has 0 saturated carbocycles. The van der Waals surface area contributed by atoms with Gasteiger partial charge in [-0.25, -0.2) is 14.8 Å². The molecule has 2 aromatic rings. The summed E-state index contributed by atoms with van der Waals surface area (Å²) in [5, 5.41) is 7.92. The number of aromatic nitrogens is 3. The van der Waals surface area contributed by atoms with E-state index in [4.69, 9.17) is 10.7 Å². The molecule has 9 heteroatoms. The van der Waals surface area contributed by atoms with Crippen molar-refractivity contribution >= 4 is 5.82 Å². The molecule has 2 aromatic heterocycles. The number of rotatable bonds is 5. The fourth-order valence-corrected chi connectivity index (χ4v) is 5.26. The molecule has 5 rings (SSSR count). The maximum atomic E-state index is 12.6. The van der Waals surface area contributed by atoms with E-state index in [-0.39, 0.29) is 18.1 Å². The summed E-state index contributed by atoms with van der Waals surface area (Å²) in [6.45, 7) is 2.66. The Kier molecular flexibility index (Phi) is 6.17. The second kappa shape index (κ2) is 9.20. The van der Waals surface area contributed by atoms with Gasteiger partial charge in [0, 0.05) is 55.4 Å². The first-order valence-corrected chi connectivity index (χ1v) is 11.5. The van der Waals surface area contributed by atoms with Gasteiger partial charge >= 0.3 is 0 Å². The van der Waals surface area contributed by atoms with E-state index in [1.807, 2.05) is 12.4 Å². The summed E-state index contributed by atoms with van der Waals surface area (Å²) in [6.07, 6.45) is 8.23. The number of nitrogens with one attached hydrogen (secondary N) is 3. The van der Waals surface area contributed by atoms with Gasteiger partial charge < -0.3 is 16.0 Å². The molecule has 168 valence electrons. The highest BCUT2D eigenvalue weighted by Gasteiger charge is 2.42. The number of alkyl halides is 1. The second-order valence-corrected chi connectivity index (χ2v) is 9.08. The zero-order valence-corrected chi connectivity index (χ0v) is 17.9. The lowest BCUT2D eigenvalue weighted by Crippen LogP contribution is -2.46. The summed E-state index contributed by atoms with van der Waals surface area (Å²) in [5.41, 5.74) is 15.4. The SMILES string of the molecule is NC1CCCCN(c2cccc(C3NNC4CNC(c5cnn(CCF)c5)CC43)n2)C1. The van der Waals surface area contributed by atoms with Crippen molar-refractivity contribution in [2.45, 2.75) is 56.4 Å². The Morgan fingerprint density at radius 3 is 3.06 bits per heavy atom. The molecular weight excluding hydrogens is 395 g/mol. The van der Waals surface area contributed by atoms with Crippen LogP contribution in [0.25, 0.3) is 0 Å². The van der Waals surface area contributed by atoms with E-state index in [1.54, 1.807) is 4.68 Å². The van der Waals surface area contributed by atoms with E-state index in [2.05, 4.69) is 44.4 Å². The molecule has 3 aliphatic heterocycles. The van der Waals surface area contributed by atoms with Gasteiger partial charge in [-0.05, 0) is 31.4 Å². The lowest BCUT2D eigenvalue weighted by molar-refractivity contribution is 0.265. The van der Waals surface area contributed by atoms with Crippen molar-refractivity contribution in [1.29, 1.82) is 0 Å². The maximum Gasteiger partial charge on any atom is 0.128 e. The third-order valence-corrected chi connectivity index (χ3v) is 6.94. The van der Waals surface area contributed by atoms with Gasteiger partial charge in [-0.1, -0.05) is 12.5 Å². The number of piperidine rings is 1. The minimum atomic E-state index is -0.399. The lowest BCUT2D eigenvalue weighted by Gasteiger charge is -2.34. The number of halogens is 1. The van der Waals surface area contributed by atoms with Gasteiger partial charge in [0.25, 0.3) is 0 Å². The van der Waals surface area contributed by atoms with Crippen LogP contribution in [0.4, 0.5) is 10.2 Å². The summed E-state index contributed by atoms with van der Waals surface area (Å²) < 4.78 is 14.3. The standard InChI is InChI=1S/C22H33FN8/c23-7-9-31-13-15(11-26-31)19-10-17-20(12-25-19)28-29-22(17)18-5-3-6-21(27-18)30-8-2-1-4-16(24)14-30/h3,5-6,11,13,16-17,19-20,22,25,28-29H,1-2,4,7-10,12,14,24H2. The Morgan fingerprint density at radius 2 is 2.16 bits per heavy atom. The normalized spacial score (nSPS) is 31.4. The number of nitrogens with two attached hydrogens (primary N) is 1. The number of hydrogen-bond acceptors (Lipinski definition) is 7.